The van der Waals surface area contributed by atoms with E-state index in [4.69, 9.17) is 0 Å². The van der Waals surface area contributed by atoms with Crippen LogP contribution in [0.15, 0.2) is 315 Å². The molecule has 0 atom stereocenters. The van der Waals surface area contributed by atoms with Crippen LogP contribution in [-0.2, 0) is 0 Å². The number of hydrogen-bond donors (Lipinski definition) is 0. The van der Waals surface area contributed by atoms with Gasteiger partial charge >= 0.3 is 0 Å². The Hall–Kier alpha value is -10.4. The lowest BCUT2D eigenvalue weighted by atomic mass is 9.79. The van der Waals surface area contributed by atoms with Gasteiger partial charge in [-0.25, -0.2) is 0 Å². The number of hydrogen-bond acceptors (Lipinski definition) is 0. The van der Waals surface area contributed by atoms with E-state index in [0.29, 0.717) is 0 Å². The second-order valence-electron chi connectivity index (χ2n) is 21.1. The third-order valence-corrected chi connectivity index (χ3v) is 16.3. The molecule has 15 aromatic rings. The maximum absolute atomic E-state index is 2.57. The van der Waals surface area contributed by atoms with Crippen LogP contribution < -0.4 is 0 Å². The van der Waals surface area contributed by atoms with E-state index in [1.54, 1.807) is 0 Å². The molecule has 15 aromatic carbocycles. The number of fused-ring (bicyclic) bond motifs is 6. The zero-order valence-electron chi connectivity index (χ0n) is 44.0. The zero-order chi connectivity index (χ0) is 52.9. The van der Waals surface area contributed by atoms with Gasteiger partial charge in [0, 0.05) is 0 Å². The summed E-state index contributed by atoms with van der Waals surface area (Å²) in [4.78, 5) is 0. The van der Waals surface area contributed by atoms with Crippen molar-refractivity contribution in [2.45, 2.75) is 0 Å². The van der Waals surface area contributed by atoms with Crippen LogP contribution in [0, 0.1) is 0 Å². The Labute approximate surface area is 466 Å². The first-order chi connectivity index (χ1) is 39.7. The SMILES string of the molecule is c1ccc(-c2cc(-c3ccccc3)cc(-c3c4ccc(-c5ccccc5)cc4c(-c4cc(-c5ccccc5)cc(-c5ccccc5)c4)c4cc5c(cc34)c(-c3ccccc3)c(-c3ccc4ccccc4c3)c3ccccc35)c2)cc1. The highest BCUT2D eigenvalue weighted by Gasteiger charge is 2.25. The maximum Gasteiger partial charge on any atom is -0.00201 e. The highest BCUT2D eigenvalue weighted by atomic mass is 14.3. The van der Waals surface area contributed by atoms with E-state index >= 15 is 0 Å². The van der Waals surface area contributed by atoms with E-state index in [9.17, 15) is 0 Å². The van der Waals surface area contributed by atoms with Crippen molar-refractivity contribution in [1.29, 1.82) is 0 Å². The molecule has 0 heterocycles. The average Bonchev–Trinajstić information content (AvgIpc) is 3.49. The molecule has 372 valence electrons. The lowest BCUT2D eigenvalue weighted by Crippen LogP contribution is -1.96. The molecule has 0 unspecified atom stereocenters. The monoisotopic (exact) mass is 1010 g/mol. The summed E-state index contributed by atoms with van der Waals surface area (Å²) in [5, 5.41) is 12.1. The van der Waals surface area contributed by atoms with Gasteiger partial charge in [-0.2, -0.15) is 0 Å². The summed E-state index contributed by atoms with van der Waals surface area (Å²) < 4.78 is 0. The van der Waals surface area contributed by atoms with Gasteiger partial charge in [0.2, 0.25) is 0 Å². The predicted molar refractivity (Wildman–Crippen MR) is 343 cm³/mol. The first-order valence-corrected chi connectivity index (χ1v) is 27.7. The highest BCUT2D eigenvalue weighted by Crippen LogP contribution is 2.52. The van der Waals surface area contributed by atoms with Gasteiger partial charge in [-0.1, -0.05) is 255 Å². The molecular weight excluding hydrogens is 961 g/mol. The summed E-state index contributed by atoms with van der Waals surface area (Å²) in [6.07, 6.45) is 0. The summed E-state index contributed by atoms with van der Waals surface area (Å²) in [5.41, 5.74) is 21.3. The van der Waals surface area contributed by atoms with Crippen molar-refractivity contribution < 1.29 is 0 Å². The van der Waals surface area contributed by atoms with Crippen LogP contribution in [0.2, 0.25) is 0 Å². The van der Waals surface area contributed by atoms with Gasteiger partial charge in [-0.05, 0) is 215 Å². The third kappa shape index (κ3) is 8.34. The maximum atomic E-state index is 2.57. The molecule has 0 aromatic heterocycles. The second kappa shape index (κ2) is 19.9. The van der Waals surface area contributed by atoms with Crippen molar-refractivity contribution >= 4 is 53.9 Å². The Kier molecular flexibility index (Phi) is 11.6. The Balaban J connectivity index is 1.17. The molecule has 0 N–H and O–H groups in total. The summed E-state index contributed by atoms with van der Waals surface area (Å²) in [6.45, 7) is 0. The van der Waals surface area contributed by atoms with Crippen molar-refractivity contribution in [3.05, 3.63) is 315 Å². The molecular formula is C80H52. The fourth-order valence-electron chi connectivity index (χ4n) is 12.6. The van der Waals surface area contributed by atoms with Gasteiger partial charge in [0.1, 0.15) is 0 Å². The minimum atomic E-state index is 1.17. The first-order valence-electron chi connectivity index (χ1n) is 27.7. The van der Waals surface area contributed by atoms with E-state index in [-0.39, 0.29) is 0 Å². The molecule has 0 bridgehead atoms. The van der Waals surface area contributed by atoms with Gasteiger partial charge < -0.3 is 0 Å². The normalized spacial score (nSPS) is 11.5. The Morgan fingerprint density at radius 2 is 0.438 bits per heavy atom. The Morgan fingerprint density at radius 3 is 0.938 bits per heavy atom. The molecule has 0 fully saturated rings. The van der Waals surface area contributed by atoms with Crippen LogP contribution in [0.25, 0.3) is 154 Å². The van der Waals surface area contributed by atoms with Crippen LogP contribution >= 0.6 is 0 Å². The molecule has 80 heavy (non-hydrogen) atoms. The standard InChI is InChI=1S/C80H52/c1-7-23-53(24-8-1)61-41-42-71-73(50-61)78(68-48-65(56-29-13-4-14-30-56)45-66(49-68)57-31-15-5-16-32-57)75-51-72-69-37-21-22-38-70(69)80(62-40-39-58-33-19-20-36-60(58)43-62)79(59-34-17-6-18-35-59)74(72)52-76(75)77(71)67-46-63(54-25-9-2-10-26-54)44-64(47-67)55-27-11-3-12-28-55/h1-52H. The van der Waals surface area contributed by atoms with E-state index in [0.717, 1.165) is 0 Å². The molecule has 0 nitrogen and oxygen atoms in total. The largest absolute Gasteiger partial charge is 0.0622 e. The lowest BCUT2D eigenvalue weighted by Gasteiger charge is -2.24. The quantitative estimate of drug-likeness (QED) is 0.0998. The van der Waals surface area contributed by atoms with Gasteiger partial charge in [0.15, 0.2) is 0 Å². The summed E-state index contributed by atoms with van der Waals surface area (Å²) in [5.74, 6) is 0. The van der Waals surface area contributed by atoms with Crippen LogP contribution in [-0.4, -0.2) is 0 Å². The van der Waals surface area contributed by atoms with Crippen LogP contribution in [0.3, 0.4) is 0 Å². The van der Waals surface area contributed by atoms with Crippen molar-refractivity contribution in [3.8, 4) is 100 Å². The van der Waals surface area contributed by atoms with Gasteiger partial charge in [-0.3, -0.25) is 0 Å². The van der Waals surface area contributed by atoms with Crippen molar-refractivity contribution in [3.63, 3.8) is 0 Å². The zero-order valence-corrected chi connectivity index (χ0v) is 44.0. The minimum Gasteiger partial charge on any atom is -0.0622 e. The molecule has 0 aliphatic rings. The molecule has 0 spiro atoms. The number of rotatable bonds is 9. The van der Waals surface area contributed by atoms with E-state index in [2.05, 4.69) is 315 Å². The van der Waals surface area contributed by atoms with Crippen molar-refractivity contribution in [2.24, 2.45) is 0 Å². The average molecular weight is 1010 g/mol. The second-order valence-corrected chi connectivity index (χ2v) is 21.1. The molecule has 0 heteroatoms. The predicted octanol–water partition coefficient (Wildman–Crippen LogP) is 22.5. The van der Waals surface area contributed by atoms with Gasteiger partial charge in [-0.15, -0.1) is 0 Å². The fraction of sp³-hybridized carbons (Fsp3) is 0. The molecule has 0 aliphatic heterocycles. The lowest BCUT2D eigenvalue weighted by molar-refractivity contribution is 1.57. The number of benzene rings is 15. The minimum absolute atomic E-state index is 1.17. The summed E-state index contributed by atoms with van der Waals surface area (Å²) in [7, 11) is 0. The smallest absolute Gasteiger partial charge is 0.00201 e. The molecule has 0 aliphatic carbocycles. The van der Waals surface area contributed by atoms with Gasteiger partial charge in [0.05, 0.1) is 0 Å². The summed E-state index contributed by atoms with van der Waals surface area (Å²) >= 11 is 0. The molecule has 15 rings (SSSR count). The topological polar surface area (TPSA) is 0 Å². The van der Waals surface area contributed by atoms with Gasteiger partial charge in [0.25, 0.3) is 0 Å². The van der Waals surface area contributed by atoms with Crippen molar-refractivity contribution in [1.82, 2.24) is 0 Å². The fourth-order valence-corrected chi connectivity index (χ4v) is 12.6. The molecule has 0 radical (unpaired) electrons. The van der Waals surface area contributed by atoms with Crippen molar-refractivity contribution in [2.75, 3.05) is 0 Å². The van der Waals surface area contributed by atoms with E-state index in [1.165, 1.54) is 154 Å². The van der Waals surface area contributed by atoms with Crippen LogP contribution in [0.4, 0.5) is 0 Å². The first kappa shape index (κ1) is 46.9. The molecule has 0 saturated heterocycles. The summed E-state index contributed by atoms with van der Waals surface area (Å²) in [6, 6.07) is 117. The third-order valence-electron chi connectivity index (χ3n) is 16.3. The molecule has 0 saturated carbocycles. The highest BCUT2D eigenvalue weighted by molar-refractivity contribution is 6.30. The van der Waals surface area contributed by atoms with Crippen LogP contribution in [0.1, 0.15) is 0 Å². The molecule has 0 amide bonds. The van der Waals surface area contributed by atoms with E-state index in [1.807, 2.05) is 0 Å². The Bertz CT molecular complexity index is 4700. The van der Waals surface area contributed by atoms with E-state index < -0.39 is 0 Å². The Morgan fingerprint density at radius 1 is 0.113 bits per heavy atom. The van der Waals surface area contributed by atoms with Crippen LogP contribution in [0.5, 0.6) is 0 Å².